The van der Waals surface area contributed by atoms with E-state index in [4.69, 9.17) is 5.73 Å². The Morgan fingerprint density at radius 3 is 2.27 bits per heavy atom. The lowest BCUT2D eigenvalue weighted by molar-refractivity contribution is -0.124. The molecule has 0 radical (unpaired) electrons. The van der Waals surface area contributed by atoms with Gasteiger partial charge in [-0.05, 0) is 25.7 Å². The van der Waals surface area contributed by atoms with Crippen molar-refractivity contribution in [3.05, 3.63) is 0 Å². The van der Waals surface area contributed by atoms with Crippen LogP contribution in [-0.2, 0) is 4.79 Å². The second kappa shape index (κ2) is 7.69. The highest BCUT2D eigenvalue weighted by atomic mass is 16.1. The van der Waals surface area contributed by atoms with Crippen molar-refractivity contribution >= 4 is 5.91 Å². The molecule has 0 bridgehead atoms. The molecule has 0 aromatic heterocycles. The number of carbonyl (C=O) groups excluding carboxylic acids is 1. The number of hydrogen-bond donors (Lipinski definition) is 2. The predicted molar refractivity (Wildman–Crippen MR) is 64.5 cm³/mol. The maximum absolute atomic E-state index is 11.6. The van der Waals surface area contributed by atoms with Gasteiger partial charge in [-0.15, -0.1) is 0 Å². The average Bonchev–Trinajstić information content (AvgIpc) is 2.13. The van der Waals surface area contributed by atoms with Gasteiger partial charge < -0.3 is 11.1 Å². The van der Waals surface area contributed by atoms with Crippen LogP contribution in [0, 0.1) is 11.8 Å². The van der Waals surface area contributed by atoms with Crippen LogP contribution in [0.1, 0.15) is 47.0 Å². The second-order valence-corrected chi connectivity index (χ2v) is 4.95. The van der Waals surface area contributed by atoms with Gasteiger partial charge in [-0.25, -0.2) is 0 Å². The van der Waals surface area contributed by atoms with Gasteiger partial charge in [0.2, 0.25) is 5.91 Å². The molecular formula is C12H26N2O. The Labute approximate surface area is 93.8 Å². The molecule has 90 valence electrons. The molecule has 0 fully saturated rings. The fraction of sp³-hybridized carbons (Fsp3) is 0.917. The van der Waals surface area contributed by atoms with Crippen LogP contribution in [0.15, 0.2) is 0 Å². The zero-order valence-electron chi connectivity index (χ0n) is 10.5. The molecule has 3 N–H and O–H groups in total. The topological polar surface area (TPSA) is 55.1 Å². The minimum atomic E-state index is 0.113. The smallest absolute Gasteiger partial charge is 0.222 e. The number of hydrogen-bond acceptors (Lipinski definition) is 2. The number of nitrogens with two attached hydrogens (primary N) is 1. The third kappa shape index (κ3) is 8.43. The Hall–Kier alpha value is -0.570. The number of rotatable bonds is 7. The van der Waals surface area contributed by atoms with E-state index in [9.17, 15) is 4.79 Å². The molecule has 0 heterocycles. The van der Waals surface area contributed by atoms with Gasteiger partial charge in [-0.3, -0.25) is 4.79 Å². The zero-order chi connectivity index (χ0) is 11.8. The van der Waals surface area contributed by atoms with E-state index >= 15 is 0 Å². The maximum atomic E-state index is 11.6. The summed E-state index contributed by atoms with van der Waals surface area (Å²) in [5.74, 6) is 0.807. The SMILES string of the molecule is CC(C)CNC(=O)C(C)CCCC(C)N. The van der Waals surface area contributed by atoms with Gasteiger partial charge in [-0.2, -0.15) is 0 Å². The summed E-state index contributed by atoms with van der Waals surface area (Å²) < 4.78 is 0. The van der Waals surface area contributed by atoms with E-state index in [-0.39, 0.29) is 17.9 Å². The highest BCUT2D eigenvalue weighted by molar-refractivity contribution is 5.78. The lowest BCUT2D eigenvalue weighted by Crippen LogP contribution is -2.32. The fourth-order valence-electron chi connectivity index (χ4n) is 1.36. The van der Waals surface area contributed by atoms with E-state index in [1.165, 1.54) is 0 Å². The average molecular weight is 214 g/mol. The zero-order valence-corrected chi connectivity index (χ0v) is 10.5. The van der Waals surface area contributed by atoms with Crippen LogP contribution in [0.3, 0.4) is 0 Å². The molecule has 0 aliphatic carbocycles. The summed E-state index contributed by atoms with van der Waals surface area (Å²) in [4.78, 5) is 11.6. The van der Waals surface area contributed by atoms with Gasteiger partial charge in [0.05, 0.1) is 0 Å². The molecule has 0 aliphatic rings. The van der Waals surface area contributed by atoms with E-state index in [1.807, 2.05) is 13.8 Å². The molecule has 2 atom stereocenters. The number of nitrogens with one attached hydrogen (secondary N) is 1. The van der Waals surface area contributed by atoms with Crippen molar-refractivity contribution in [1.82, 2.24) is 5.32 Å². The summed E-state index contributed by atoms with van der Waals surface area (Å²) in [6, 6.07) is 0.246. The van der Waals surface area contributed by atoms with Crippen LogP contribution in [0.25, 0.3) is 0 Å². The first-order valence-electron chi connectivity index (χ1n) is 5.96. The largest absolute Gasteiger partial charge is 0.356 e. The Kier molecular flexibility index (Phi) is 7.39. The summed E-state index contributed by atoms with van der Waals surface area (Å²) in [7, 11) is 0. The van der Waals surface area contributed by atoms with Crippen LogP contribution in [-0.4, -0.2) is 18.5 Å². The summed E-state index contributed by atoms with van der Waals surface area (Å²) in [6.45, 7) is 8.96. The second-order valence-electron chi connectivity index (χ2n) is 4.95. The molecule has 1 amide bonds. The third-order valence-corrected chi connectivity index (χ3v) is 2.43. The highest BCUT2D eigenvalue weighted by Gasteiger charge is 2.12. The summed E-state index contributed by atoms with van der Waals surface area (Å²) in [6.07, 6.45) is 2.97. The minimum absolute atomic E-state index is 0.113. The van der Waals surface area contributed by atoms with Gasteiger partial charge in [0.1, 0.15) is 0 Å². The van der Waals surface area contributed by atoms with Crippen molar-refractivity contribution < 1.29 is 4.79 Å². The van der Waals surface area contributed by atoms with Crippen molar-refractivity contribution in [3.63, 3.8) is 0 Å². The van der Waals surface area contributed by atoms with Crippen LogP contribution < -0.4 is 11.1 Å². The summed E-state index contributed by atoms with van der Waals surface area (Å²) >= 11 is 0. The lowest BCUT2D eigenvalue weighted by atomic mass is 10.0. The molecule has 3 nitrogen and oxygen atoms in total. The minimum Gasteiger partial charge on any atom is -0.356 e. The molecule has 3 heteroatoms. The third-order valence-electron chi connectivity index (χ3n) is 2.43. The Bertz CT molecular complexity index is 178. The quantitative estimate of drug-likeness (QED) is 0.680. The molecule has 0 rings (SSSR count). The Morgan fingerprint density at radius 1 is 1.20 bits per heavy atom. The van der Waals surface area contributed by atoms with Crippen LogP contribution in [0.2, 0.25) is 0 Å². The van der Waals surface area contributed by atoms with Crippen LogP contribution in [0.4, 0.5) is 0 Å². The van der Waals surface area contributed by atoms with Crippen molar-refractivity contribution in [2.75, 3.05) is 6.54 Å². The lowest BCUT2D eigenvalue weighted by Gasteiger charge is -2.14. The molecule has 0 aromatic carbocycles. The van der Waals surface area contributed by atoms with E-state index in [2.05, 4.69) is 19.2 Å². The van der Waals surface area contributed by atoms with Gasteiger partial charge in [0.15, 0.2) is 0 Å². The number of carbonyl (C=O) groups is 1. The Morgan fingerprint density at radius 2 is 1.80 bits per heavy atom. The molecule has 2 unspecified atom stereocenters. The maximum Gasteiger partial charge on any atom is 0.222 e. The molecule has 0 aliphatic heterocycles. The van der Waals surface area contributed by atoms with Gasteiger partial charge in [0.25, 0.3) is 0 Å². The van der Waals surface area contributed by atoms with Crippen LogP contribution in [0.5, 0.6) is 0 Å². The first-order chi connectivity index (χ1) is 6.93. The van der Waals surface area contributed by atoms with Gasteiger partial charge in [-0.1, -0.05) is 27.2 Å². The van der Waals surface area contributed by atoms with E-state index < -0.39 is 0 Å². The van der Waals surface area contributed by atoms with Crippen molar-refractivity contribution in [2.24, 2.45) is 17.6 Å². The normalized spacial score (nSPS) is 15.1. The van der Waals surface area contributed by atoms with Crippen LogP contribution >= 0.6 is 0 Å². The van der Waals surface area contributed by atoms with Crippen molar-refractivity contribution in [3.8, 4) is 0 Å². The Balaban J connectivity index is 3.60. The van der Waals surface area contributed by atoms with Crippen molar-refractivity contribution in [1.29, 1.82) is 0 Å². The summed E-state index contributed by atoms with van der Waals surface area (Å²) in [5.41, 5.74) is 5.65. The fourth-order valence-corrected chi connectivity index (χ4v) is 1.36. The molecule has 0 spiro atoms. The van der Waals surface area contributed by atoms with E-state index in [0.29, 0.717) is 5.92 Å². The summed E-state index contributed by atoms with van der Waals surface area (Å²) in [5, 5.41) is 2.95. The van der Waals surface area contributed by atoms with Gasteiger partial charge in [0, 0.05) is 18.5 Å². The van der Waals surface area contributed by atoms with Gasteiger partial charge >= 0.3 is 0 Å². The van der Waals surface area contributed by atoms with E-state index in [0.717, 1.165) is 25.8 Å². The molecule has 0 saturated heterocycles. The highest BCUT2D eigenvalue weighted by Crippen LogP contribution is 2.09. The standard InChI is InChI=1S/C12H26N2O/c1-9(2)8-14-12(15)10(3)6-5-7-11(4)13/h9-11H,5-8,13H2,1-4H3,(H,14,15). The van der Waals surface area contributed by atoms with E-state index in [1.54, 1.807) is 0 Å². The molecule has 0 aromatic rings. The molecule has 15 heavy (non-hydrogen) atoms. The number of amides is 1. The molecular weight excluding hydrogens is 188 g/mol. The first kappa shape index (κ1) is 14.4. The first-order valence-corrected chi connectivity index (χ1v) is 5.96. The monoisotopic (exact) mass is 214 g/mol. The van der Waals surface area contributed by atoms with Crippen molar-refractivity contribution in [2.45, 2.75) is 53.0 Å². The molecule has 0 saturated carbocycles. The predicted octanol–water partition coefficient (Wildman–Crippen LogP) is 1.91.